The van der Waals surface area contributed by atoms with E-state index in [2.05, 4.69) is 39.1 Å². The number of rotatable bonds is 5. The van der Waals surface area contributed by atoms with Crippen molar-refractivity contribution in [3.05, 3.63) is 0 Å². The van der Waals surface area contributed by atoms with Crippen LogP contribution in [0.2, 0.25) is 0 Å². The number of halogens is 1. The van der Waals surface area contributed by atoms with Crippen LogP contribution in [0, 0.1) is 5.92 Å². The summed E-state index contributed by atoms with van der Waals surface area (Å²) < 4.78 is 5.73. The van der Waals surface area contributed by atoms with E-state index in [0.717, 1.165) is 64.6 Å². The lowest BCUT2D eigenvalue weighted by molar-refractivity contribution is 0.00926. The number of guanidine groups is 1. The van der Waals surface area contributed by atoms with E-state index >= 15 is 0 Å². The predicted octanol–water partition coefficient (Wildman–Crippen LogP) is 2.54. The molecule has 2 aliphatic heterocycles. The van der Waals surface area contributed by atoms with Gasteiger partial charge in [-0.3, -0.25) is 9.89 Å². The number of aliphatic imine (C=N–C) groups is 1. The molecular weight excluding hydrogens is 519 g/mol. The van der Waals surface area contributed by atoms with Gasteiger partial charge in [-0.25, -0.2) is 4.79 Å². The largest absolute Gasteiger partial charge is 0.444 e. The molecule has 2 saturated heterocycles. The van der Waals surface area contributed by atoms with Crippen LogP contribution in [0.4, 0.5) is 4.79 Å². The first-order valence-corrected chi connectivity index (χ1v) is 12.0. The van der Waals surface area contributed by atoms with Crippen LogP contribution in [0.3, 0.4) is 0 Å². The Bertz CT molecular complexity index is 628. The molecule has 0 bridgehead atoms. The molecule has 1 aliphatic carbocycles. The van der Waals surface area contributed by atoms with Crippen LogP contribution in [0.1, 0.15) is 46.5 Å². The van der Waals surface area contributed by atoms with E-state index in [1.807, 2.05) is 32.7 Å². The van der Waals surface area contributed by atoms with Crippen molar-refractivity contribution in [3.63, 3.8) is 0 Å². The van der Waals surface area contributed by atoms with Gasteiger partial charge in [0.05, 0.1) is 0 Å². The molecule has 1 N–H and O–H groups in total. The average Bonchev–Trinajstić information content (AvgIpc) is 3.52. The lowest BCUT2D eigenvalue weighted by Gasteiger charge is -2.41. The van der Waals surface area contributed by atoms with Crippen molar-refractivity contribution in [1.82, 2.24) is 24.9 Å². The summed E-state index contributed by atoms with van der Waals surface area (Å²) in [6.45, 7) is 12.7. The topological polar surface area (TPSA) is 63.7 Å². The number of piperazine rings is 1. The van der Waals surface area contributed by atoms with Crippen molar-refractivity contribution in [2.24, 2.45) is 10.9 Å². The standard InChI is InChI=1S/C23H44N6O2.HI/c1-23(2,3)31-22(30)29(16-18-7-8-18)19-9-11-28(12-10-19)21(24-4)25-15-20-17-26(5)13-14-27(20)6;/h18-20H,7-17H2,1-6H3,(H,24,25);1H. The summed E-state index contributed by atoms with van der Waals surface area (Å²) in [6.07, 6.45) is 4.24. The normalized spacial score (nSPS) is 24.1. The van der Waals surface area contributed by atoms with E-state index in [9.17, 15) is 4.79 Å². The third-order valence-corrected chi connectivity index (χ3v) is 6.67. The van der Waals surface area contributed by atoms with Crippen molar-refractivity contribution in [1.29, 1.82) is 0 Å². The zero-order valence-electron chi connectivity index (χ0n) is 21.0. The maximum absolute atomic E-state index is 12.9. The Kier molecular flexibility index (Phi) is 10.3. The fourth-order valence-corrected chi connectivity index (χ4v) is 4.52. The molecule has 32 heavy (non-hydrogen) atoms. The molecule has 3 fully saturated rings. The quantitative estimate of drug-likeness (QED) is 0.315. The summed E-state index contributed by atoms with van der Waals surface area (Å²) in [6, 6.07) is 0.747. The van der Waals surface area contributed by atoms with Gasteiger partial charge in [-0.15, -0.1) is 24.0 Å². The van der Waals surface area contributed by atoms with Gasteiger partial charge in [0.1, 0.15) is 5.60 Å². The highest BCUT2D eigenvalue weighted by molar-refractivity contribution is 14.0. The number of carbonyl (C=O) groups excluding carboxylic acids is 1. The molecular formula is C23H45IN6O2. The maximum Gasteiger partial charge on any atom is 0.410 e. The number of hydrogen-bond acceptors (Lipinski definition) is 5. The second kappa shape index (κ2) is 12.1. The first kappa shape index (κ1) is 27.4. The minimum atomic E-state index is -0.452. The maximum atomic E-state index is 12.9. The molecule has 3 aliphatic rings. The van der Waals surface area contributed by atoms with E-state index in [4.69, 9.17) is 4.74 Å². The lowest BCUT2D eigenvalue weighted by Crippen LogP contribution is -2.57. The number of piperidine rings is 1. The summed E-state index contributed by atoms with van der Waals surface area (Å²) in [5.74, 6) is 1.64. The Morgan fingerprint density at radius 2 is 1.75 bits per heavy atom. The van der Waals surface area contributed by atoms with Crippen molar-refractivity contribution in [2.75, 3.05) is 67.0 Å². The number of likely N-dealkylation sites (N-methyl/N-ethyl adjacent to an activating group) is 2. The highest BCUT2D eigenvalue weighted by Crippen LogP contribution is 2.32. The van der Waals surface area contributed by atoms with Gasteiger partial charge in [-0.05, 0) is 66.5 Å². The zero-order chi connectivity index (χ0) is 22.6. The average molecular weight is 565 g/mol. The molecule has 0 spiro atoms. The van der Waals surface area contributed by atoms with Gasteiger partial charge in [0.2, 0.25) is 0 Å². The molecule has 1 amide bonds. The Hall–Kier alpha value is -0.810. The van der Waals surface area contributed by atoms with Crippen LogP contribution in [0.15, 0.2) is 4.99 Å². The van der Waals surface area contributed by atoms with Crippen molar-refractivity contribution >= 4 is 36.0 Å². The number of carbonyl (C=O) groups is 1. The zero-order valence-corrected chi connectivity index (χ0v) is 23.3. The van der Waals surface area contributed by atoms with Gasteiger partial charge in [-0.2, -0.15) is 0 Å². The Balaban J connectivity index is 0.00000363. The fourth-order valence-electron chi connectivity index (χ4n) is 4.52. The Morgan fingerprint density at radius 1 is 1.09 bits per heavy atom. The second-order valence-corrected chi connectivity index (χ2v) is 10.6. The molecule has 0 aromatic heterocycles. The Labute approximate surface area is 212 Å². The van der Waals surface area contributed by atoms with Crippen molar-refractivity contribution in [2.45, 2.75) is 64.1 Å². The van der Waals surface area contributed by atoms with Crippen LogP contribution in [-0.2, 0) is 4.74 Å². The number of amides is 1. The molecule has 3 rings (SSSR count). The number of nitrogens with one attached hydrogen (secondary N) is 1. The number of nitrogens with zero attached hydrogens (tertiary/aromatic N) is 5. The van der Waals surface area contributed by atoms with E-state index < -0.39 is 5.60 Å². The molecule has 0 aromatic rings. The van der Waals surface area contributed by atoms with Gasteiger partial charge >= 0.3 is 6.09 Å². The highest BCUT2D eigenvalue weighted by atomic mass is 127. The molecule has 186 valence electrons. The van der Waals surface area contributed by atoms with Crippen LogP contribution in [0.5, 0.6) is 0 Å². The second-order valence-electron chi connectivity index (χ2n) is 10.6. The van der Waals surface area contributed by atoms with Gasteiger partial charge in [0, 0.05) is 64.9 Å². The molecule has 0 aromatic carbocycles. The predicted molar refractivity (Wildman–Crippen MR) is 141 cm³/mol. The van der Waals surface area contributed by atoms with E-state index in [1.165, 1.54) is 12.8 Å². The molecule has 1 saturated carbocycles. The molecule has 1 unspecified atom stereocenters. The first-order valence-electron chi connectivity index (χ1n) is 12.0. The number of likely N-dealkylation sites (tertiary alicyclic amines) is 1. The van der Waals surface area contributed by atoms with Crippen LogP contribution >= 0.6 is 24.0 Å². The van der Waals surface area contributed by atoms with Gasteiger partial charge in [-0.1, -0.05) is 0 Å². The summed E-state index contributed by atoms with van der Waals surface area (Å²) in [7, 11) is 6.27. The van der Waals surface area contributed by atoms with Crippen molar-refractivity contribution in [3.8, 4) is 0 Å². The van der Waals surface area contributed by atoms with E-state index in [1.54, 1.807) is 0 Å². The first-order chi connectivity index (χ1) is 14.7. The minimum absolute atomic E-state index is 0. The summed E-state index contributed by atoms with van der Waals surface area (Å²) >= 11 is 0. The van der Waals surface area contributed by atoms with Crippen LogP contribution in [0.25, 0.3) is 0 Å². The van der Waals surface area contributed by atoms with Crippen molar-refractivity contribution < 1.29 is 9.53 Å². The SMILES string of the molecule is CN=C(NCC1CN(C)CCN1C)N1CCC(N(CC2CC2)C(=O)OC(C)(C)C)CC1.I. The molecule has 8 nitrogen and oxygen atoms in total. The van der Waals surface area contributed by atoms with Crippen LogP contribution < -0.4 is 5.32 Å². The third-order valence-electron chi connectivity index (χ3n) is 6.67. The summed E-state index contributed by atoms with van der Waals surface area (Å²) in [4.78, 5) is 26.6. The lowest BCUT2D eigenvalue weighted by atomic mass is 10.0. The number of ether oxygens (including phenoxy) is 1. The monoisotopic (exact) mass is 564 g/mol. The van der Waals surface area contributed by atoms with E-state index in [-0.39, 0.29) is 36.1 Å². The smallest absolute Gasteiger partial charge is 0.410 e. The highest BCUT2D eigenvalue weighted by Gasteiger charge is 2.35. The van der Waals surface area contributed by atoms with Gasteiger partial charge in [0.25, 0.3) is 0 Å². The summed E-state index contributed by atoms with van der Waals surface area (Å²) in [5.41, 5.74) is -0.452. The third kappa shape index (κ3) is 8.20. The molecule has 2 heterocycles. The number of hydrogen-bond donors (Lipinski definition) is 1. The molecule has 0 radical (unpaired) electrons. The van der Waals surface area contributed by atoms with Gasteiger partial charge in [0.15, 0.2) is 5.96 Å². The molecule has 1 atom stereocenters. The minimum Gasteiger partial charge on any atom is -0.444 e. The van der Waals surface area contributed by atoms with Crippen LogP contribution in [-0.4, -0.2) is 116 Å². The van der Waals surface area contributed by atoms with Gasteiger partial charge < -0.3 is 24.8 Å². The van der Waals surface area contributed by atoms with E-state index in [0.29, 0.717) is 12.0 Å². The Morgan fingerprint density at radius 3 is 2.31 bits per heavy atom. The fraction of sp³-hybridized carbons (Fsp3) is 0.913. The molecule has 9 heteroatoms. The summed E-state index contributed by atoms with van der Waals surface area (Å²) in [5, 5.41) is 3.60.